The Morgan fingerprint density at radius 1 is 1.12 bits per heavy atom. The maximum Gasteiger partial charge on any atom is 0.317 e. The summed E-state index contributed by atoms with van der Waals surface area (Å²) in [4.78, 5) is 25.8. The molecule has 0 bridgehead atoms. The fourth-order valence-electron chi connectivity index (χ4n) is 3.35. The topological polar surface area (TPSA) is 78.9 Å². The van der Waals surface area contributed by atoms with Crippen molar-refractivity contribution < 1.29 is 28.4 Å². The highest BCUT2D eigenvalue weighted by Crippen LogP contribution is 2.38. The number of carbonyl (C=O) groups excluding carboxylic acids is 2. The van der Waals surface area contributed by atoms with E-state index in [0.717, 1.165) is 32.1 Å². The highest BCUT2D eigenvalue weighted by molar-refractivity contribution is 7.00. The van der Waals surface area contributed by atoms with Crippen LogP contribution >= 0.6 is 9.12 Å². The molecule has 2 unspecified atom stereocenters. The van der Waals surface area contributed by atoms with Gasteiger partial charge >= 0.3 is 15.1 Å². The Hall–Kier alpha value is -1.94. The van der Waals surface area contributed by atoms with Gasteiger partial charge < -0.3 is 14.2 Å². The summed E-state index contributed by atoms with van der Waals surface area (Å²) in [7, 11) is 4.18. The van der Waals surface area contributed by atoms with Crippen molar-refractivity contribution in [3.8, 4) is 11.5 Å². The summed E-state index contributed by atoms with van der Waals surface area (Å²) < 4.78 is 24.1. The van der Waals surface area contributed by atoms with Crippen molar-refractivity contribution in [3.63, 3.8) is 0 Å². The van der Waals surface area contributed by atoms with E-state index in [2.05, 4.69) is 0 Å². The van der Waals surface area contributed by atoms with Gasteiger partial charge in [-0.3, -0.25) is 9.59 Å². The summed E-state index contributed by atoms with van der Waals surface area (Å²) in [6.07, 6.45) is 4.55. The summed E-state index contributed by atoms with van der Waals surface area (Å²) in [5, 5.41) is 0. The van der Waals surface area contributed by atoms with E-state index in [-0.39, 0.29) is 11.7 Å². The number of carbonyl (C=O) groups is 2. The molecular weight excluding hydrogens is 355 g/mol. The molecule has 1 aliphatic carbocycles. The highest BCUT2D eigenvalue weighted by Gasteiger charge is 2.40. The third kappa shape index (κ3) is 5.28. The normalized spacial score (nSPS) is 14.7. The molecule has 0 aromatic heterocycles. The zero-order valence-corrected chi connectivity index (χ0v) is 16.8. The van der Waals surface area contributed by atoms with Crippen LogP contribution in [0.15, 0.2) is 18.2 Å². The average molecular weight is 383 g/mol. The Labute approximate surface area is 156 Å². The molecule has 2 rings (SSSR count). The quantitative estimate of drug-likeness (QED) is 0.294. The van der Waals surface area contributed by atoms with E-state index in [1.165, 1.54) is 23.3 Å². The number of ether oxygens (including phenoxy) is 3. The van der Waals surface area contributed by atoms with Gasteiger partial charge in [0.25, 0.3) is 0 Å². The molecular formula is C19H28O6P+. The Bertz CT molecular complexity index is 575. The van der Waals surface area contributed by atoms with Crippen LogP contribution in [-0.4, -0.2) is 32.6 Å². The zero-order chi connectivity index (χ0) is 19.5. The SMILES string of the molecule is CCCOC(=O)C(C(=O)c1c(OC)cccc1OC)C1CCCC1.O=[PH2+]. The molecule has 0 saturated heterocycles. The minimum Gasteiger partial charge on any atom is -0.496 e. The van der Waals surface area contributed by atoms with Gasteiger partial charge in [0.1, 0.15) is 23.0 Å². The highest BCUT2D eigenvalue weighted by atomic mass is 31.0. The molecule has 2 atom stereocenters. The van der Waals surface area contributed by atoms with Crippen molar-refractivity contribution in [1.82, 2.24) is 0 Å². The second kappa shape index (κ2) is 11.6. The van der Waals surface area contributed by atoms with E-state index in [1.54, 1.807) is 18.2 Å². The van der Waals surface area contributed by atoms with Gasteiger partial charge in [-0.25, -0.2) is 0 Å². The van der Waals surface area contributed by atoms with Crippen LogP contribution in [0.4, 0.5) is 0 Å². The summed E-state index contributed by atoms with van der Waals surface area (Å²) in [5.74, 6) is -0.615. The van der Waals surface area contributed by atoms with Gasteiger partial charge in [-0.1, -0.05) is 30.4 Å². The van der Waals surface area contributed by atoms with Crippen LogP contribution in [0.3, 0.4) is 0 Å². The Kier molecular flexibility index (Phi) is 9.89. The fourth-order valence-corrected chi connectivity index (χ4v) is 3.35. The van der Waals surface area contributed by atoms with Gasteiger partial charge in [0.2, 0.25) is 0 Å². The van der Waals surface area contributed by atoms with E-state index in [1.807, 2.05) is 6.92 Å². The number of esters is 1. The van der Waals surface area contributed by atoms with Crippen molar-refractivity contribution in [2.45, 2.75) is 39.0 Å². The molecule has 1 aromatic rings. The zero-order valence-electron chi connectivity index (χ0n) is 15.7. The van der Waals surface area contributed by atoms with Crippen LogP contribution in [-0.2, 0) is 14.1 Å². The van der Waals surface area contributed by atoms with Crippen LogP contribution in [0.1, 0.15) is 49.4 Å². The van der Waals surface area contributed by atoms with Crippen molar-refractivity contribution in [3.05, 3.63) is 23.8 Å². The third-order valence-electron chi connectivity index (χ3n) is 4.53. The number of rotatable bonds is 8. The number of hydrogen-bond acceptors (Lipinski definition) is 6. The maximum atomic E-state index is 13.2. The molecule has 1 fully saturated rings. The number of ketones is 1. The second-order valence-electron chi connectivity index (χ2n) is 6.09. The monoisotopic (exact) mass is 383 g/mol. The molecule has 0 spiro atoms. The van der Waals surface area contributed by atoms with E-state index in [0.29, 0.717) is 23.7 Å². The number of benzene rings is 1. The first kappa shape index (κ1) is 22.1. The Morgan fingerprint density at radius 2 is 1.65 bits per heavy atom. The lowest BCUT2D eigenvalue weighted by molar-refractivity contribution is -0.148. The molecule has 1 saturated carbocycles. The van der Waals surface area contributed by atoms with Crippen LogP contribution in [0.2, 0.25) is 0 Å². The fraction of sp³-hybridized carbons (Fsp3) is 0.579. The maximum absolute atomic E-state index is 13.2. The number of hydrogen-bond donors (Lipinski definition) is 0. The lowest BCUT2D eigenvalue weighted by Gasteiger charge is -2.22. The minimum absolute atomic E-state index is 0.0245. The lowest BCUT2D eigenvalue weighted by atomic mass is 9.84. The van der Waals surface area contributed by atoms with Crippen molar-refractivity contribution in [2.24, 2.45) is 11.8 Å². The standard InChI is InChI=1S/C19H26O5.H2OP/c1-4-12-24-19(21)16(13-8-5-6-9-13)18(20)17-14(22-2)10-7-11-15(17)23-3;1-2/h7,10-11,13,16H,4-6,8-9,12H2,1-3H3;2H2/q;+1. The van der Waals surface area contributed by atoms with Crippen LogP contribution in [0.25, 0.3) is 0 Å². The molecule has 144 valence electrons. The predicted molar refractivity (Wildman–Crippen MR) is 101 cm³/mol. The molecule has 1 aliphatic rings. The van der Waals surface area contributed by atoms with E-state index in [4.69, 9.17) is 18.8 Å². The largest absolute Gasteiger partial charge is 0.496 e. The first-order valence-corrected chi connectivity index (χ1v) is 9.26. The van der Waals surface area contributed by atoms with Gasteiger partial charge in [0.15, 0.2) is 5.78 Å². The summed E-state index contributed by atoms with van der Waals surface area (Å²) in [6.45, 7) is 2.27. The van der Waals surface area contributed by atoms with E-state index < -0.39 is 11.9 Å². The molecule has 0 radical (unpaired) electrons. The number of Topliss-reactive ketones (excluding diaryl/α,β-unsaturated/α-hetero) is 1. The second-order valence-corrected chi connectivity index (χ2v) is 6.09. The van der Waals surface area contributed by atoms with Gasteiger partial charge in [0.05, 0.1) is 20.8 Å². The van der Waals surface area contributed by atoms with Crippen molar-refractivity contribution in [1.29, 1.82) is 0 Å². The predicted octanol–water partition coefficient (Wildman–Crippen LogP) is 3.85. The van der Waals surface area contributed by atoms with Gasteiger partial charge in [0, 0.05) is 0 Å². The average Bonchev–Trinajstić information content (AvgIpc) is 3.21. The molecule has 1 aromatic carbocycles. The molecule has 6 nitrogen and oxygen atoms in total. The van der Waals surface area contributed by atoms with Gasteiger partial charge in [-0.15, -0.1) is 0 Å². The van der Waals surface area contributed by atoms with Crippen LogP contribution < -0.4 is 9.47 Å². The molecule has 26 heavy (non-hydrogen) atoms. The summed E-state index contributed by atoms with van der Waals surface area (Å²) in [5.41, 5.74) is 0.327. The first-order chi connectivity index (χ1) is 12.6. The summed E-state index contributed by atoms with van der Waals surface area (Å²) in [6, 6.07) is 5.17. The Balaban J connectivity index is 0.00000163. The smallest absolute Gasteiger partial charge is 0.317 e. The molecule has 0 amide bonds. The molecule has 0 heterocycles. The number of methoxy groups -OCH3 is 2. The van der Waals surface area contributed by atoms with E-state index in [9.17, 15) is 9.59 Å². The third-order valence-corrected chi connectivity index (χ3v) is 4.53. The summed E-state index contributed by atoms with van der Waals surface area (Å²) >= 11 is 0. The Morgan fingerprint density at radius 3 is 2.12 bits per heavy atom. The van der Waals surface area contributed by atoms with E-state index >= 15 is 0 Å². The minimum atomic E-state index is -0.788. The van der Waals surface area contributed by atoms with Crippen molar-refractivity contribution in [2.75, 3.05) is 20.8 Å². The molecule has 7 heteroatoms. The first-order valence-electron chi connectivity index (χ1n) is 8.79. The van der Waals surface area contributed by atoms with Crippen LogP contribution in [0, 0.1) is 11.8 Å². The van der Waals surface area contributed by atoms with Crippen LogP contribution in [0.5, 0.6) is 11.5 Å². The van der Waals surface area contributed by atoms with Gasteiger partial charge in [-0.2, -0.15) is 0 Å². The van der Waals surface area contributed by atoms with Gasteiger partial charge in [-0.05, 0) is 37.3 Å². The molecule has 0 aliphatic heterocycles. The molecule has 0 N–H and O–H groups in total. The lowest BCUT2D eigenvalue weighted by Crippen LogP contribution is -2.32. The van der Waals surface area contributed by atoms with Crippen molar-refractivity contribution >= 4 is 20.9 Å².